The fourth-order valence-corrected chi connectivity index (χ4v) is 1.76. The predicted octanol–water partition coefficient (Wildman–Crippen LogP) is 0.106. The van der Waals surface area contributed by atoms with Crippen molar-refractivity contribution in [3.05, 3.63) is 24.0 Å². The SMILES string of the molecule is O=C1CCN(c2ccnc(C(=O)O)c2)CCN1. The summed E-state index contributed by atoms with van der Waals surface area (Å²) in [6.07, 6.45) is 1.89. The van der Waals surface area contributed by atoms with Crippen LogP contribution in [-0.4, -0.2) is 41.6 Å². The van der Waals surface area contributed by atoms with E-state index < -0.39 is 5.97 Å². The topological polar surface area (TPSA) is 82.5 Å². The Morgan fingerprint density at radius 2 is 2.29 bits per heavy atom. The average molecular weight is 235 g/mol. The number of carboxylic acids is 1. The molecule has 0 unspecified atom stereocenters. The quantitative estimate of drug-likeness (QED) is 0.760. The van der Waals surface area contributed by atoms with Crippen LogP contribution in [0.3, 0.4) is 0 Å². The van der Waals surface area contributed by atoms with Crippen LogP contribution in [0.1, 0.15) is 16.9 Å². The van der Waals surface area contributed by atoms with E-state index in [1.54, 1.807) is 6.07 Å². The Hall–Kier alpha value is -2.11. The lowest BCUT2D eigenvalue weighted by Gasteiger charge is -2.21. The van der Waals surface area contributed by atoms with Crippen molar-refractivity contribution in [2.75, 3.05) is 24.5 Å². The monoisotopic (exact) mass is 235 g/mol. The number of nitrogens with one attached hydrogen (secondary N) is 1. The lowest BCUT2D eigenvalue weighted by atomic mass is 10.2. The van der Waals surface area contributed by atoms with Crippen molar-refractivity contribution in [1.82, 2.24) is 10.3 Å². The molecule has 2 rings (SSSR count). The summed E-state index contributed by atoms with van der Waals surface area (Å²) in [7, 11) is 0. The van der Waals surface area contributed by atoms with Crippen molar-refractivity contribution in [3.8, 4) is 0 Å². The molecule has 1 aliphatic heterocycles. The van der Waals surface area contributed by atoms with Gasteiger partial charge in [0.25, 0.3) is 0 Å². The largest absolute Gasteiger partial charge is 0.477 e. The second kappa shape index (κ2) is 4.82. The Balaban J connectivity index is 2.18. The van der Waals surface area contributed by atoms with Crippen molar-refractivity contribution >= 4 is 17.6 Å². The summed E-state index contributed by atoms with van der Waals surface area (Å²) in [5.41, 5.74) is 0.805. The Morgan fingerprint density at radius 3 is 3.06 bits per heavy atom. The molecule has 1 aromatic heterocycles. The molecule has 90 valence electrons. The van der Waals surface area contributed by atoms with Gasteiger partial charge in [-0.25, -0.2) is 9.78 Å². The molecule has 0 atom stereocenters. The molecule has 0 aromatic carbocycles. The standard InChI is InChI=1S/C11H13N3O3/c15-10-2-5-14(6-4-13-10)8-1-3-12-9(7-8)11(16)17/h1,3,7H,2,4-6H2,(H,13,15)(H,16,17). The van der Waals surface area contributed by atoms with Crippen molar-refractivity contribution in [1.29, 1.82) is 0 Å². The lowest BCUT2D eigenvalue weighted by molar-refractivity contribution is -0.120. The zero-order valence-corrected chi connectivity index (χ0v) is 9.22. The smallest absolute Gasteiger partial charge is 0.354 e. The molecule has 2 heterocycles. The van der Waals surface area contributed by atoms with Gasteiger partial charge in [-0.3, -0.25) is 4.79 Å². The summed E-state index contributed by atoms with van der Waals surface area (Å²) >= 11 is 0. The molecule has 6 nitrogen and oxygen atoms in total. The third-order valence-electron chi connectivity index (χ3n) is 2.64. The number of carbonyl (C=O) groups is 2. The third kappa shape index (κ3) is 2.72. The van der Waals surface area contributed by atoms with Gasteiger partial charge in [0.05, 0.1) is 0 Å². The molecule has 1 saturated heterocycles. The van der Waals surface area contributed by atoms with Gasteiger partial charge in [0, 0.05) is 37.9 Å². The number of amides is 1. The van der Waals surface area contributed by atoms with Crippen LogP contribution in [0.25, 0.3) is 0 Å². The molecule has 1 fully saturated rings. The van der Waals surface area contributed by atoms with Gasteiger partial charge < -0.3 is 15.3 Å². The van der Waals surface area contributed by atoms with E-state index in [1.807, 2.05) is 4.90 Å². The number of hydrogen-bond donors (Lipinski definition) is 2. The molecule has 0 spiro atoms. The van der Waals surface area contributed by atoms with Gasteiger partial charge in [0.15, 0.2) is 0 Å². The number of aromatic carboxylic acids is 1. The van der Waals surface area contributed by atoms with Gasteiger partial charge in [-0.2, -0.15) is 0 Å². The van der Waals surface area contributed by atoms with Crippen LogP contribution < -0.4 is 10.2 Å². The van der Waals surface area contributed by atoms with E-state index in [4.69, 9.17) is 5.11 Å². The number of carbonyl (C=O) groups excluding carboxylic acids is 1. The molecule has 0 saturated carbocycles. The summed E-state index contributed by atoms with van der Waals surface area (Å²) < 4.78 is 0. The Labute approximate surface area is 98.3 Å². The minimum Gasteiger partial charge on any atom is -0.477 e. The van der Waals surface area contributed by atoms with Gasteiger partial charge in [-0.15, -0.1) is 0 Å². The minimum absolute atomic E-state index is 0.0195. The van der Waals surface area contributed by atoms with E-state index in [9.17, 15) is 9.59 Å². The van der Waals surface area contributed by atoms with E-state index in [2.05, 4.69) is 10.3 Å². The third-order valence-corrected chi connectivity index (χ3v) is 2.64. The number of rotatable bonds is 2. The molecular weight excluding hydrogens is 222 g/mol. The highest BCUT2D eigenvalue weighted by Crippen LogP contribution is 2.15. The second-order valence-corrected chi connectivity index (χ2v) is 3.79. The van der Waals surface area contributed by atoms with Gasteiger partial charge in [0.2, 0.25) is 5.91 Å². The van der Waals surface area contributed by atoms with E-state index in [0.717, 1.165) is 5.69 Å². The maximum atomic E-state index is 11.2. The number of aromatic nitrogens is 1. The van der Waals surface area contributed by atoms with Crippen LogP contribution in [-0.2, 0) is 4.79 Å². The molecule has 17 heavy (non-hydrogen) atoms. The zero-order chi connectivity index (χ0) is 12.3. The zero-order valence-electron chi connectivity index (χ0n) is 9.22. The average Bonchev–Trinajstić information content (AvgIpc) is 2.54. The molecule has 1 amide bonds. The number of anilines is 1. The molecule has 6 heteroatoms. The normalized spacial score (nSPS) is 16.2. The summed E-state index contributed by atoms with van der Waals surface area (Å²) in [5, 5.41) is 11.6. The summed E-state index contributed by atoms with van der Waals surface area (Å²) in [5.74, 6) is -1.02. The van der Waals surface area contributed by atoms with Crippen molar-refractivity contribution in [2.45, 2.75) is 6.42 Å². The Morgan fingerprint density at radius 1 is 1.47 bits per heavy atom. The van der Waals surface area contributed by atoms with Gasteiger partial charge in [-0.05, 0) is 12.1 Å². The maximum Gasteiger partial charge on any atom is 0.354 e. The Bertz CT molecular complexity index is 447. The molecule has 1 aromatic rings. The summed E-state index contributed by atoms with van der Waals surface area (Å²) in [4.78, 5) is 27.7. The molecule has 2 N–H and O–H groups in total. The van der Waals surface area contributed by atoms with E-state index >= 15 is 0 Å². The highest BCUT2D eigenvalue weighted by atomic mass is 16.4. The first-order valence-corrected chi connectivity index (χ1v) is 5.38. The van der Waals surface area contributed by atoms with Gasteiger partial charge in [-0.1, -0.05) is 0 Å². The first kappa shape index (κ1) is 11.4. The van der Waals surface area contributed by atoms with Crippen LogP contribution in [0.5, 0.6) is 0 Å². The molecule has 1 aliphatic rings. The second-order valence-electron chi connectivity index (χ2n) is 3.79. The highest BCUT2D eigenvalue weighted by molar-refractivity contribution is 5.86. The Kier molecular flexibility index (Phi) is 3.22. The van der Waals surface area contributed by atoms with E-state index in [1.165, 1.54) is 12.3 Å². The van der Waals surface area contributed by atoms with E-state index in [0.29, 0.717) is 26.1 Å². The van der Waals surface area contributed by atoms with Crippen LogP contribution in [0.4, 0.5) is 5.69 Å². The van der Waals surface area contributed by atoms with Crippen LogP contribution >= 0.6 is 0 Å². The number of nitrogens with zero attached hydrogens (tertiary/aromatic N) is 2. The van der Waals surface area contributed by atoms with E-state index in [-0.39, 0.29) is 11.6 Å². The number of hydrogen-bond acceptors (Lipinski definition) is 4. The van der Waals surface area contributed by atoms with Crippen LogP contribution in [0.15, 0.2) is 18.3 Å². The summed E-state index contributed by atoms with van der Waals surface area (Å²) in [6, 6.07) is 3.28. The van der Waals surface area contributed by atoms with Crippen molar-refractivity contribution in [3.63, 3.8) is 0 Å². The van der Waals surface area contributed by atoms with Crippen molar-refractivity contribution < 1.29 is 14.7 Å². The number of pyridine rings is 1. The van der Waals surface area contributed by atoms with Crippen molar-refractivity contribution in [2.24, 2.45) is 0 Å². The van der Waals surface area contributed by atoms with Gasteiger partial charge in [0.1, 0.15) is 5.69 Å². The van der Waals surface area contributed by atoms with Crippen LogP contribution in [0.2, 0.25) is 0 Å². The maximum absolute atomic E-state index is 11.2. The number of carboxylic acid groups (broad SMARTS) is 1. The minimum atomic E-state index is -1.05. The first-order valence-electron chi connectivity index (χ1n) is 5.38. The first-order chi connectivity index (χ1) is 8.16. The summed E-state index contributed by atoms with van der Waals surface area (Å²) in [6.45, 7) is 1.84. The fourth-order valence-electron chi connectivity index (χ4n) is 1.76. The molecule has 0 radical (unpaired) electrons. The predicted molar refractivity (Wildman–Crippen MR) is 61.0 cm³/mol. The van der Waals surface area contributed by atoms with Crippen LogP contribution in [0, 0.1) is 0 Å². The molecule has 0 bridgehead atoms. The van der Waals surface area contributed by atoms with Gasteiger partial charge >= 0.3 is 5.97 Å². The molecular formula is C11H13N3O3. The molecule has 0 aliphatic carbocycles. The fraction of sp³-hybridized carbons (Fsp3) is 0.364. The highest BCUT2D eigenvalue weighted by Gasteiger charge is 2.15. The lowest BCUT2D eigenvalue weighted by Crippen LogP contribution is -2.28.